The Bertz CT molecular complexity index is 389. The van der Waals surface area contributed by atoms with Gasteiger partial charge in [0.25, 0.3) is 5.91 Å². The Morgan fingerprint density at radius 2 is 1.85 bits per heavy atom. The highest BCUT2D eigenvalue weighted by Gasteiger charge is 2.02. The first-order valence-electron chi connectivity index (χ1n) is 6.77. The van der Waals surface area contributed by atoms with Crippen molar-refractivity contribution in [1.82, 2.24) is 5.32 Å². The van der Waals surface area contributed by atoms with Crippen LogP contribution in [0.4, 0.5) is 0 Å². The van der Waals surface area contributed by atoms with E-state index in [-0.39, 0.29) is 18.6 Å². The summed E-state index contributed by atoms with van der Waals surface area (Å²) >= 11 is 0. The van der Waals surface area contributed by atoms with Gasteiger partial charge in [-0.3, -0.25) is 4.79 Å². The highest BCUT2D eigenvalue weighted by Crippen LogP contribution is 2.16. The van der Waals surface area contributed by atoms with Crippen molar-refractivity contribution in [3.05, 3.63) is 24.3 Å². The molecule has 0 unspecified atom stereocenters. The lowest BCUT2D eigenvalue weighted by Crippen LogP contribution is -2.30. The zero-order valence-electron chi connectivity index (χ0n) is 12.3. The topological polar surface area (TPSA) is 56.8 Å². The normalized spacial score (nSPS) is 10.4. The van der Waals surface area contributed by atoms with Gasteiger partial charge in [0.1, 0.15) is 11.5 Å². The summed E-state index contributed by atoms with van der Waals surface area (Å²) in [4.78, 5) is 11.5. The molecule has 1 amide bonds. The molecule has 0 bridgehead atoms. The summed E-state index contributed by atoms with van der Waals surface area (Å²) < 4.78 is 15.8. The summed E-state index contributed by atoms with van der Waals surface area (Å²) in [6.07, 6.45) is 1.02. The van der Waals surface area contributed by atoms with Gasteiger partial charge in [0, 0.05) is 13.2 Å². The Labute approximate surface area is 120 Å². The number of ether oxygens (including phenoxy) is 3. The van der Waals surface area contributed by atoms with E-state index in [0.717, 1.165) is 12.2 Å². The molecule has 0 atom stereocenters. The van der Waals surface area contributed by atoms with Crippen molar-refractivity contribution >= 4 is 5.91 Å². The maximum atomic E-state index is 11.5. The van der Waals surface area contributed by atoms with E-state index in [1.54, 1.807) is 31.4 Å². The Morgan fingerprint density at radius 3 is 2.45 bits per heavy atom. The van der Waals surface area contributed by atoms with Crippen LogP contribution in [0, 0.1) is 0 Å². The number of carbonyl (C=O) groups is 1. The van der Waals surface area contributed by atoms with Crippen molar-refractivity contribution in [1.29, 1.82) is 0 Å². The second-order valence-electron chi connectivity index (χ2n) is 4.59. The molecule has 1 N–H and O–H groups in total. The molecule has 1 aromatic rings. The van der Waals surface area contributed by atoms with Crippen LogP contribution in [0.15, 0.2) is 24.3 Å². The highest BCUT2D eigenvalue weighted by atomic mass is 16.5. The van der Waals surface area contributed by atoms with Gasteiger partial charge in [0.2, 0.25) is 0 Å². The van der Waals surface area contributed by atoms with Gasteiger partial charge in [-0.05, 0) is 44.5 Å². The van der Waals surface area contributed by atoms with Crippen LogP contribution in [0.5, 0.6) is 11.5 Å². The molecule has 0 heterocycles. The lowest BCUT2D eigenvalue weighted by molar-refractivity contribution is -0.123. The van der Waals surface area contributed by atoms with Crippen molar-refractivity contribution in [3.63, 3.8) is 0 Å². The Kier molecular flexibility index (Phi) is 7.50. The first kappa shape index (κ1) is 16.3. The van der Waals surface area contributed by atoms with Gasteiger partial charge in [0.05, 0.1) is 13.2 Å². The lowest BCUT2D eigenvalue weighted by Gasteiger charge is -2.09. The van der Waals surface area contributed by atoms with E-state index in [1.165, 1.54) is 0 Å². The quantitative estimate of drug-likeness (QED) is 0.703. The molecule has 0 aliphatic heterocycles. The zero-order chi connectivity index (χ0) is 14.8. The van der Waals surface area contributed by atoms with Crippen LogP contribution >= 0.6 is 0 Å². The molecule has 1 aromatic carbocycles. The van der Waals surface area contributed by atoms with Crippen LogP contribution < -0.4 is 14.8 Å². The van der Waals surface area contributed by atoms with Crippen molar-refractivity contribution < 1.29 is 19.0 Å². The molecule has 0 fully saturated rings. The maximum absolute atomic E-state index is 11.5. The SMILES string of the molecule is COc1ccc(OCC(=O)NCCCOC(C)C)cc1. The third-order valence-corrected chi connectivity index (χ3v) is 2.52. The number of hydrogen-bond donors (Lipinski definition) is 1. The van der Waals surface area contributed by atoms with E-state index >= 15 is 0 Å². The number of nitrogens with one attached hydrogen (secondary N) is 1. The fourth-order valence-corrected chi connectivity index (χ4v) is 1.49. The van der Waals surface area contributed by atoms with Gasteiger partial charge >= 0.3 is 0 Å². The predicted molar refractivity (Wildman–Crippen MR) is 77.2 cm³/mol. The summed E-state index contributed by atoms with van der Waals surface area (Å²) in [7, 11) is 1.60. The van der Waals surface area contributed by atoms with E-state index in [0.29, 0.717) is 18.9 Å². The number of amides is 1. The standard InChI is InChI=1S/C15H23NO4/c1-12(2)19-10-4-9-16-15(17)11-20-14-7-5-13(18-3)6-8-14/h5-8,12H,4,9-11H2,1-3H3,(H,16,17). The molecule has 0 aromatic heterocycles. The molecular formula is C15H23NO4. The zero-order valence-corrected chi connectivity index (χ0v) is 12.3. The van der Waals surface area contributed by atoms with Crippen molar-refractivity contribution in [2.45, 2.75) is 26.4 Å². The average Bonchev–Trinajstić information content (AvgIpc) is 2.45. The summed E-state index contributed by atoms with van der Waals surface area (Å²) in [5.41, 5.74) is 0. The van der Waals surface area contributed by atoms with E-state index in [1.807, 2.05) is 13.8 Å². The van der Waals surface area contributed by atoms with Gasteiger partial charge in [-0.15, -0.1) is 0 Å². The monoisotopic (exact) mass is 281 g/mol. The van der Waals surface area contributed by atoms with E-state index in [2.05, 4.69) is 5.32 Å². The molecular weight excluding hydrogens is 258 g/mol. The van der Waals surface area contributed by atoms with Gasteiger partial charge < -0.3 is 19.5 Å². The first-order valence-corrected chi connectivity index (χ1v) is 6.77. The Hall–Kier alpha value is -1.75. The molecule has 0 saturated heterocycles. The second kappa shape index (κ2) is 9.20. The Morgan fingerprint density at radius 1 is 1.20 bits per heavy atom. The van der Waals surface area contributed by atoms with E-state index < -0.39 is 0 Å². The minimum absolute atomic E-state index is 0.0113. The molecule has 112 valence electrons. The molecule has 0 saturated carbocycles. The summed E-state index contributed by atoms with van der Waals surface area (Å²) in [6, 6.07) is 7.11. The van der Waals surface area contributed by atoms with Gasteiger partial charge in [-0.2, -0.15) is 0 Å². The van der Waals surface area contributed by atoms with E-state index in [4.69, 9.17) is 14.2 Å². The molecule has 5 nitrogen and oxygen atoms in total. The largest absolute Gasteiger partial charge is 0.497 e. The number of carbonyl (C=O) groups excluding carboxylic acids is 1. The number of rotatable bonds is 9. The summed E-state index contributed by atoms with van der Waals surface area (Å²) in [5, 5.41) is 2.78. The first-order chi connectivity index (χ1) is 9.61. The minimum Gasteiger partial charge on any atom is -0.497 e. The van der Waals surface area contributed by atoms with Crippen LogP contribution in [0.25, 0.3) is 0 Å². The van der Waals surface area contributed by atoms with Crippen molar-refractivity contribution in [2.24, 2.45) is 0 Å². The van der Waals surface area contributed by atoms with Crippen LogP contribution in [0.1, 0.15) is 20.3 Å². The molecule has 0 aliphatic rings. The summed E-state index contributed by atoms with van der Waals surface area (Å²) in [6.45, 7) is 5.23. The lowest BCUT2D eigenvalue weighted by atomic mass is 10.3. The fraction of sp³-hybridized carbons (Fsp3) is 0.533. The van der Waals surface area contributed by atoms with Gasteiger partial charge in [-0.25, -0.2) is 0 Å². The highest BCUT2D eigenvalue weighted by molar-refractivity contribution is 5.77. The third-order valence-electron chi connectivity index (χ3n) is 2.52. The number of hydrogen-bond acceptors (Lipinski definition) is 4. The van der Waals surface area contributed by atoms with Gasteiger partial charge in [-0.1, -0.05) is 0 Å². The van der Waals surface area contributed by atoms with E-state index in [9.17, 15) is 4.79 Å². The second-order valence-corrected chi connectivity index (χ2v) is 4.59. The molecule has 20 heavy (non-hydrogen) atoms. The number of methoxy groups -OCH3 is 1. The maximum Gasteiger partial charge on any atom is 0.257 e. The molecule has 1 rings (SSSR count). The molecule has 0 aliphatic carbocycles. The fourth-order valence-electron chi connectivity index (χ4n) is 1.49. The molecule has 0 spiro atoms. The van der Waals surface area contributed by atoms with Crippen LogP contribution in [0.2, 0.25) is 0 Å². The summed E-state index contributed by atoms with van der Waals surface area (Å²) in [5.74, 6) is 1.27. The Balaban J connectivity index is 2.13. The van der Waals surface area contributed by atoms with Crippen LogP contribution in [-0.2, 0) is 9.53 Å². The third kappa shape index (κ3) is 6.99. The van der Waals surface area contributed by atoms with Crippen molar-refractivity contribution in [3.8, 4) is 11.5 Å². The average molecular weight is 281 g/mol. The van der Waals surface area contributed by atoms with Crippen LogP contribution in [0.3, 0.4) is 0 Å². The minimum atomic E-state index is -0.134. The smallest absolute Gasteiger partial charge is 0.257 e. The molecule has 5 heteroatoms. The predicted octanol–water partition coefficient (Wildman–Crippen LogP) is 2.01. The van der Waals surface area contributed by atoms with Crippen LogP contribution in [-0.4, -0.2) is 38.9 Å². The van der Waals surface area contributed by atoms with Gasteiger partial charge in [0.15, 0.2) is 6.61 Å². The number of benzene rings is 1. The molecule has 0 radical (unpaired) electrons. The van der Waals surface area contributed by atoms with Crippen molar-refractivity contribution in [2.75, 3.05) is 26.9 Å².